The fourth-order valence-electron chi connectivity index (χ4n) is 1.15. The van der Waals surface area contributed by atoms with Gasteiger partial charge in [0.25, 0.3) is 0 Å². The normalized spacial score (nSPS) is 15.1. The Morgan fingerprint density at radius 3 is 2.71 bits per heavy atom. The zero-order valence-electron chi connectivity index (χ0n) is 8.27. The Bertz CT molecular complexity index is 324. The fourth-order valence-corrected chi connectivity index (χ4v) is 2.11. The summed E-state index contributed by atoms with van der Waals surface area (Å²) < 4.78 is 0. The first kappa shape index (κ1) is 11.1. The Kier molecular flexibility index (Phi) is 3.60. The maximum atomic E-state index is 10.5. The van der Waals surface area contributed by atoms with Gasteiger partial charge in [0, 0.05) is 17.0 Å². The lowest BCUT2D eigenvalue weighted by Crippen LogP contribution is -2.16. The van der Waals surface area contributed by atoms with Crippen LogP contribution in [0, 0.1) is 16.0 Å². The van der Waals surface area contributed by atoms with E-state index in [0.29, 0.717) is 5.92 Å². The summed E-state index contributed by atoms with van der Waals surface area (Å²) in [7, 11) is 0. The summed E-state index contributed by atoms with van der Waals surface area (Å²) in [5.74, 6) is 0.355. The molecular formula is C9H14N2O2S. The molecule has 2 N–H and O–H groups in total. The van der Waals surface area contributed by atoms with Crippen LogP contribution < -0.4 is 5.73 Å². The first-order valence-electron chi connectivity index (χ1n) is 4.56. The van der Waals surface area contributed by atoms with E-state index in [1.807, 2.05) is 0 Å². The van der Waals surface area contributed by atoms with Crippen LogP contribution in [-0.4, -0.2) is 4.92 Å². The SMILES string of the molecule is CCC(C)[C@@H](N)c1ccc([N+](=O)[O-])s1. The maximum Gasteiger partial charge on any atom is 0.324 e. The van der Waals surface area contributed by atoms with Crippen molar-refractivity contribution in [2.75, 3.05) is 0 Å². The summed E-state index contributed by atoms with van der Waals surface area (Å²) in [6, 6.07) is 3.18. The van der Waals surface area contributed by atoms with E-state index in [-0.39, 0.29) is 16.0 Å². The predicted molar refractivity (Wildman–Crippen MR) is 57.4 cm³/mol. The average Bonchev–Trinajstić information content (AvgIpc) is 2.64. The quantitative estimate of drug-likeness (QED) is 0.618. The Balaban J connectivity index is 2.81. The van der Waals surface area contributed by atoms with E-state index in [2.05, 4.69) is 13.8 Å². The predicted octanol–water partition coefficient (Wildman–Crippen LogP) is 2.70. The zero-order valence-corrected chi connectivity index (χ0v) is 9.08. The van der Waals surface area contributed by atoms with E-state index < -0.39 is 0 Å². The van der Waals surface area contributed by atoms with Crippen molar-refractivity contribution in [2.24, 2.45) is 11.7 Å². The molecule has 0 spiro atoms. The molecule has 1 aromatic rings. The summed E-state index contributed by atoms with van der Waals surface area (Å²) in [5, 5.41) is 10.6. The van der Waals surface area contributed by atoms with Crippen molar-refractivity contribution in [3.05, 3.63) is 27.1 Å². The molecular weight excluding hydrogens is 200 g/mol. The molecule has 1 aromatic heterocycles. The van der Waals surface area contributed by atoms with Crippen LogP contribution in [0.3, 0.4) is 0 Å². The Morgan fingerprint density at radius 2 is 2.29 bits per heavy atom. The molecule has 14 heavy (non-hydrogen) atoms. The molecule has 0 fully saturated rings. The minimum absolute atomic E-state index is 0.0845. The van der Waals surface area contributed by atoms with Gasteiger partial charge in [0.05, 0.1) is 4.92 Å². The third kappa shape index (κ3) is 2.30. The number of nitrogens with zero attached hydrogens (tertiary/aromatic N) is 1. The van der Waals surface area contributed by atoms with Gasteiger partial charge in [-0.15, -0.1) is 0 Å². The molecule has 1 unspecified atom stereocenters. The van der Waals surface area contributed by atoms with Gasteiger partial charge in [-0.2, -0.15) is 0 Å². The largest absolute Gasteiger partial charge is 0.324 e. The first-order chi connectivity index (χ1) is 6.56. The average molecular weight is 214 g/mol. The molecule has 0 bridgehead atoms. The van der Waals surface area contributed by atoms with Crippen LogP contribution in [0.25, 0.3) is 0 Å². The molecule has 0 amide bonds. The van der Waals surface area contributed by atoms with Gasteiger partial charge in [0.2, 0.25) is 0 Å². The summed E-state index contributed by atoms with van der Waals surface area (Å²) in [4.78, 5) is 11.0. The van der Waals surface area contributed by atoms with Crippen LogP contribution >= 0.6 is 11.3 Å². The van der Waals surface area contributed by atoms with Gasteiger partial charge < -0.3 is 5.73 Å². The number of thiophene rings is 1. The maximum absolute atomic E-state index is 10.5. The number of nitro groups is 1. The highest BCUT2D eigenvalue weighted by atomic mass is 32.1. The summed E-state index contributed by atoms with van der Waals surface area (Å²) in [6.45, 7) is 4.11. The fraction of sp³-hybridized carbons (Fsp3) is 0.556. The van der Waals surface area contributed by atoms with Crippen molar-refractivity contribution in [1.82, 2.24) is 0 Å². The van der Waals surface area contributed by atoms with Crippen molar-refractivity contribution in [3.8, 4) is 0 Å². The van der Waals surface area contributed by atoms with Crippen LogP contribution in [0.1, 0.15) is 31.2 Å². The highest BCUT2D eigenvalue weighted by Crippen LogP contribution is 2.31. The standard InChI is InChI=1S/C9H14N2O2S/c1-3-6(2)9(10)7-4-5-8(14-7)11(12)13/h4-6,9H,3,10H2,1-2H3/t6?,9-/m1/s1. The van der Waals surface area contributed by atoms with Crippen molar-refractivity contribution in [3.63, 3.8) is 0 Å². The molecule has 0 saturated heterocycles. The molecule has 2 atom stereocenters. The second-order valence-corrected chi connectivity index (χ2v) is 4.44. The smallest absolute Gasteiger partial charge is 0.323 e. The number of hydrogen-bond donors (Lipinski definition) is 1. The summed E-state index contributed by atoms with van der Waals surface area (Å²) >= 11 is 1.17. The third-order valence-corrected chi connectivity index (χ3v) is 3.52. The molecule has 5 heteroatoms. The van der Waals surface area contributed by atoms with E-state index in [1.165, 1.54) is 17.4 Å². The summed E-state index contributed by atoms with van der Waals surface area (Å²) in [6.07, 6.45) is 0.979. The van der Waals surface area contributed by atoms with E-state index in [4.69, 9.17) is 5.73 Å². The van der Waals surface area contributed by atoms with Crippen LogP contribution in [0.15, 0.2) is 12.1 Å². The lowest BCUT2D eigenvalue weighted by atomic mass is 9.99. The Hall–Kier alpha value is -0.940. The van der Waals surface area contributed by atoms with E-state index >= 15 is 0 Å². The van der Waals surface area contributed by atoms with Crippen molar-refractivity contribution in [1.29, 1.82) is 0 Å². The Labute approximate surface area is 86.9 Å². The highest BCUT2D eigenvalue weighted by Gasteiger charge is 2.18. The minimum Gasteiger partial charge on any atom is -0.323 e. The van der Waals surface area contributed by atoms with Gasteiger partial charge in [-0.3, -0.25) is 10.1 Å². The van der Waals surface area contributed by atoms with Crippen molar-refractivity contribution < 1.29 is 4.92 Å². The minimum atomic E-state index is -0.377. The third-order valence-electron chi connectivity index (χ3n) is 2.38. The van der Waals surface area contributed by atoms with Gasteiger partial charge in [0.1, 0.15) is 0 Å². The van der Waals surface area contributed by atoms with Crippen molar-refractivity contribution >= 4 is 16.3 Å². The molecule has 0 aromatic carbocycles. The van der Waals surface area contributed by atoms with Crippen LogP contribution in [0.2, 0.25) is 0 Å². The van der Waals surface area contributed by atoms with Gasteiger partial charge in [-0.25, -0.2) is 0 Å². The van der Waals surface area contributed by atoms with Gasteiger partial charge in [0.15, 0.2) is 0 Å². The lowest BCUT2D eigenvalue weighted by molar-refractivity contribution is -0.380. The van der Waals surface area contributed by atoms with E-state index in [1.54, 1.807) is 6.07 Å². The van der Waals surface area contributed by atoms with Crippen LogP contribution in [0.5, 0.6) is 0 Å². The van der Waals surface area contributed by atoms with Crippen LogP contribution in [0.4, 0.5) is 5.00 Å². The highest BCUT2D eigenvalue weighted by molar-refractivity contribution is 7.15. The molecule has 0 aliphatic heterocycles. The van der Waals surface area contributed by atoms with E-state index in [0.717, 1.165) is 11.3 Å². The van der Waals surface area contributed by atoms with Crippen molar-refractivity contribution in [2.45, 2.75) is 26.3 Å². The molecule has 0 aliphatic carbocycles. The lowest BCUT2D eigenvalue weighted by Gasteiger charge is -2.15. The number of nitrogens with two attached hydrogens (primary N) is 1. The van der Waals surface area contributed by atoms with Crippen LogP contribution in [-0.2, 0) is 0 Å². The van der Waals surface area contributed by atoms with E-state index in [9.17, 15) is 10.1 Å². The zero-order chi connectivity index (χ0) is 10.7. The summed E-state index contributed by atoms with van der Waals surface area (Å²) in [5.41, 5.74) is 5.95. The second kappa shape index (κ2) is 4.52. The van der Waals surface area contributed by atoms with Gasteiger partial charge in [-0.1, -0.05) is 31.6 Å². The molecule has 78 valence electrons. The number of rotatable bonds is 4. The Morgan fingerprint density at radius 1 is 1.64 bits per heavy atom. The molecule has 0 radical (unpaired) electrons. The monoisotopic (exact) mass is 214 g/mol. The molecule has 1 rings (SSSR count). The molecule has 0 saturated carbocycles. The first-order valence-corrected chi connectivity index (χ1v) is 5.37. The molecule has 1 heterocycles. The van der Waals surface area contributed by atoms with Gasteiger partial charge >= 0.3 is 5.00 Å². The number of hydrogen-bond acceptors (Lipinski definition) is 4. The molecule has 4 nitrogen and oxygen atoms in total. The topological polar surface area (TPSA) is 69.2 Å². The van der Waals surface area contributed by atoms with Gasteiger partial charge in [-0.05, 0) is 12.0 Å². The molecule has 0 aliphatic rings. The second-order valence-electron chi connectivity index (χ2n) is 3.34.